The van der Waals surface area contributed by atoms with Gasteiger partial charge in [0.1, 0.15) is 11.7 Å². The molecule has 33 heavy (non-hydrogen) atoms. The Hall–Kier alpha value is -2.26. The van der Waals surface area contributed by atoms with Crippen molar-refractivity contribution in [3.8, 4) is 0 Å². The number of aliphatic hydroxyl groups is 2. The maximum atomic E-state index is 15.0. The summed E-state index contributed by atoms with van der Waals surface area (Å²) in [5.41, 5.74) is -1.31. The van der Waals surface area contributed by atoms with E-state index < -0.39 is 47.6 Å². The molecule has 1 saturated heterocycles. The second kappa shape index (κ2) is 12.8. The number of carbonyl (C=O) groups is 2. The van der Waals surface area contributed by atoms with Crippen molar-refractivity contribution in [2.75, 3.05) is 50.8 Å². The quantitative estimate of drug-likeness (QED) is 0.480. The van der Waals surface area contributed by atoms with Crippen molar-refractivity contribution in [2.45, 2.75) is 25.5 Å². The van der Waals surface area contributed by atoms with Crippen molar-refractivity contribution < 1.29 is 43.1 Å². The van der Waals surface area contributed by atoms with Crippen molar-refractivity contribution in [2.24, 2.45) is 11.8 Å². The third kappa shape index (κ3) is 7.37. The molecule has 0 aromatic carbocycles. The molecule has 0 bridgehead atoms. The van der Waals surface area contributed by atoms with Gasteiger partial charge in [-0.05, 0) is 0 Å². The van der Waals surface area contributed by atoms with E-state index in [9.17, 15) is 18.8 Å². The van der Waals surface area contributed by atoms with Crippen molar-refractivity contribution in [3.63, 3.8) is 0 Å². The van der Waals surface area contributed by atoms with E-state index in [0.29, 0.717) is 5.75 Å². The lowest BCUT2D eigenvalue weighted by Gasteiger charge is -2.22. The molecule has 1 aromatic rings. The zero-order chi connectivity index (χ0) is 24.5. The molecule has 12 nitrogen and oxygen atoms in total. The van der Waals surface area contributed by atoms with Crippen LogP contribution < -0.4 is 10.6 Å². The van der Waals surface area contributed by atoms with E-state index in [4.69, 9.17) is 29.2 Å². The molecular weight excluding hydrogens is 465 g/mol. The molecule has 2 unspecified atom stereocenters. The number of nitrogens with zero attached hydrogens (tertiary/aromatic N) is 3. The SMILES string of the molecule is COC[C@@H]1O[C@H](n2cc(F)c(N(C(=O)OCC(C)CO)C(=O)OCC(C)CO)nc2=O)CS1. The Morgan fingerprint density at radius 1 is 1.27 bits per heavy atom. The Labute approximate surface area is 193 Å². The number of aromatic nitrogens is 2. The van der Waals surface area contributed by atoms with Crippen LogP contribution in [0.1, 0.15) is 20.1 Å². The summed E-state index contributed by atoms with van der Waals surface area (Å²) in [5.74, 6) is -2.65. The van der Waals surface area contributed by atoms with Gasteiger partial charge in [-0.1, -0.05) is 13.8 Å². The number of hydrogen-bond donors (Lipinski definition) is 2. The summed E-state index contributed by atoms with van der Waals surface area (Å²) >= 11 is 1.37. The average Bonchev–Trinajstić information content (AvgIpc) is 3.26. The highest BCUT2D eigenvalue weighted by atomic mass is 32.2. The van der Waals surface area contributed by atoms with E-state index in [0.717, 1.165) is 10.8 Å². The van der Waals surface area contributed by atoms with Crippen molar-refractivity contribution >= 4 is 29.8 Å². The number of amides is 2. The molecule has 0 saturated carbocycles. The van der Waals surface area contributed by atoms with Crippen LogP contribution in [0.5, 0.6) is 0 Å². The molecule has 14 heteroatoms. The summed E-state index contributed by atoms with van der Waals surface area (Å²) in [6, 6.07) is 0. The normalized spacial score (nSPS) is 19.7. The first-order chi connectivity index (χ1) is 15.7. The van der Waals surface area contributed by atoms with Crippen LogP contribution >= 0.6 is 11.8 Å². The second-order valence-corrected chi connectivity index (χ2v) is 8.67. The predicted octanol–water partition coefficient (Wildman–Crippen LogP) is 0.953. The number of ether oxygens (including phenoxy) is 4. The number of methoxy groups -OCH3 is 1. The fourth-order valence-corrected chi connectivity index (χ4v) is 3.58. The molecule has 0 spiro atoms. The lowest BCUT2D eigenvalue weighted by atomic mass is 10.2. The van der Waals surface area contributed by atoms with Gasteiger partial charge in [0.2, 0.25) is 0 Å². The first-order valence-corrected chi connectivity index (χ1v) is 11.2. The van der Waals surface area contributed by atoms with Crippen molar-refractivity contribution in [1.29, 1.82) is 0 Å². The van der Waals surface area contributed by atoms with E-state index >= 15 is 0 Å². The number of thioether (sulfide) groups is 1. The lowest BCUT2D eigenvalue weighted by molar-refractivity contribution is -0.0156. The van der Waals surface area contributed by atoms with Gasteiger partial charge in [-0.3, -0.25) is 4.57 Å². The fourth-order valence-electron chi connectivity index (χ4n) is 2.52. The van der Waals surface area contributed by atoms with Gasteiger partial charge in [0.25, 0.3) is 0 Å². The molecule has 1 aromatic heterocycles. The molecule has 0 aliphatic carbocycles. The number of aliphatic hydroxyl groups excluding tert-OH is 2. The minimum absolute atomic E-state index is 0.160. The van der Waals surface area contributed by atoms with E-state index in [2.05, 4.69) is 4.98 Å². The lowest BCUT2D eigenvalue weighted by Crippen LogP contribution is -2.42. The molecule has 1 fully saturated rings. The second-order valence-electron chi connectivity index (χ2n) is 7.48. The molecule has 4 atom stereocenters. The standard InChI is InChI=1S/C19H28FN3O9S/c1-11(5-24)7-30-18(27)23(19(28)31-8-12(2)6-25)16-13(20)4-22(17(26)21-16)14-10-33-15(32-14)9-29-3/h4,11-12,14-15,24-25H,5-10H2,1-3H3/t11?,12?,14-,15+/m0/s1. The molecular formula is C19H28FN3O9S. The molecule has 2 heterocycles. The Bertz CT molecular complexity index is 845. The zero-order valence-corrected chi connectivity index (χ0v) is 19.3. The topological polar surface area (TPSA) is 150 Å². The monoisotopic (exact) mass is 493 g/mol. The summed E-state index contributed by atoms with van der Waals surface area (Å²) in [4.78, 5) is 41.4. The number of imide groups is 1. The highest BCUT2D eigenvalue weighted by molar-refractivity contribution is 8.00. The van der Waals surface area contributed by atoms with Crippen LogP contribution in [0.15, 0.2) is 11.0 Å². The third-order valence-corrected chi connectivity index (χ3v) is 5.51. The van der Waals surface area contributed by atoms with Gasteiger partial charge in [0.15, 0.2) is 11.6 Å². The summed E-state index contributed by atoms with van der Waals surface area (Å²) < 4.78 is 36.4. The maximum absolute atomic E-state index is 15.0. The number of rotatable bonds is 10. The van der Waals surface area contributed by atoms with Crippen LogP contribution in [0.3, 0.4) is 0 Å². The van der Waals surface area contributed by atoms with Crippen LogP contribution in [0.4, 0.5) is 19.8 Å². The summed E-state index contributed by atoms with van der Waals surface area (Å²) in [5, 5.41) is 18.2. The molecule has 2 rings (SSSR count). The van der Waals surface area contributed by atoms with Gasteiger partial charge in [-0.2, -0.15) is 9.88 Å². The first kappa shape index (κ1) is 27.0. The molecule has 186 valence electrons. The Balaban J connectivity index is 2.31. The van der Waals surface area contributed by atoms with Crippen LogP contribution in [0.2, 0.25) is 0 Å². The largest absolute Gasteiger partial charge is 0.448 e. The summed E-state index contributed by atoms with van der Waals surface area (Å²) in [6.45, 7) is 2.28. The average molecular weight is 494 g/mol. The number of halogens is 1. The molecule has 2 N–H and O–H groups in total. The molecule has 1 aliphatic rings. The number of anilines is 1. The number of carbonyl (C=O) groups excluding carboxylic acids is 2. The third-order valence-electron chi connectivity index (χ3n) is 4.42. The van der Waals surface area contributed by atoms with Gasteiger partial charge >= 0.3 is 17.9 Å². The fraction of sp³-hybridized carbons (Fsp3) is 0.684. The van der Waals surface area contributed by atoms with Crippen molar-refractivity contribution in [3.05, 3.63) is 22.5 Å². The van der Waals surface area contributed by atoms with Crippen LogP contribution in [-0.2, 0) is 18.9 Å². The highest BCUT2D eigenvalue weighted by Crippen LogP contribution is 2.31. The van der Waals surface area contributed by atoms with E-state index in [-0.39, 0.29) is 43.4 Å². The zero-order valence-electron chi connectivity index (χ0n) is 18.5. The van der Waals surface area contributed by atoms with Gasteiger partial charge < -0.3 is 29.2 Å². The van der Waals surface area contributed by atoms with Crippen LogP contribution in [-0.4, -0.2) is 83.3 Å². The van der Waals surface area contributed by atoms with Crippen LogP contribution in [0, 0.1) is 17.7 Å². The van der Waals surface area contributed by atoms with Gasteiger partial charge in [0.05, 0.1) is 26.0 Å². The van der Waals surface area contributed by atoms with Gasteiger partial charge in [-0.15, -0.1) is 11.8 Å². The van der Waals surface area contributed by atoms with Crippen molar-refractivity contribution in [1.82, 2.24) is 9.55 Å². The smallest absolute Gasteiger partial charge is 0.425 e. The Kier molecular flexibility index (Phi) is 10.5. The van der Waals surface area contributed by atoms with E-state index in [1.165, 1.54) is 18.9 Å². The maximum Gasteiger partial charge on any atom is 0.425 e. The molecule has 0 radical (unpaired) electrons. The molecule has 1 aliphatic heterocycles. The summed E-state index contributed by atoms with van der Waals surface area (Å²) in [7, 11) is 1.49. The predicted molar refractivity (Wildman–Crippen MR) is 114 cm³/mol. The van der Waals surface area contributed by atoms with Crippen LogP contribution in [0.25, 0.3) is 0 Å². The molecule has 2 amide bonds. The van der Waals surface area contributed by atoms with Gasteiger partial charge in [-0.25, -0.2) is 18.8 Å². The number of hydrogen-bond acceptors (Lipinski definition) is 11. The first-order valence-electron chi connectivity index (χ1n) is 10.1. The minimum Gasteiger partial charge on any atom is -0.448 e. The van der Waals surface area contributed by atoms with E-state index in [1.807, 2.05) is 0 Å². The Morgan fingerprint density at radius 2 is 1.85 bits per heavy atom. The van der Waals surface area contributed by atoms with Gasteiger partial charge in [0, 0.05) is 37.9 Å². The summed E-state index contributed by atoms with van der Waals surface area (Å²) in [6.07, 6.45) is -2.71. The minimum atomic E-state index is -1.34. The van der Waals surface area contributed by atoms with E-state index in [1.54, 1.807) is 13.8 Å². The highest BCUT2D eigenvalue weighted by Gasteiger charge is 2.34. The Morgan fingerprint density at radius 3 is 2.36 bits per heavy atom.